The number of hydrogen-bond acceptors (Lipinski definition) is 6. The first-order valence-corrected chi connectivity index (χ1v) is 10.0. The third-order valence-corrected chi connectivity index (χ3v) is 5.19. The number of carbonyl (C=O) groups excluding carboxylic acids is 1. The lowest BCUT2D eigenvalue weighted by molar-refractivity contribution is 0.251. The van der Waals surface area contributed by atoms with Crippen molar-refractivity contribution in [3.63, 3.8) is 0 Å². The van der Waals surface area contributed by atoms with E-state index in [1.165, 1.54) is 37.6 Å². The van der Waals surface area contributed by atoms with Crippen molar-refractivity contribution >= 4 is 27.4 Å². The number of amides is 2. The predicted octanol–water partition coefficient (Wildman–Crippen LogP) is 2.61. The number of urea groups is 1. The minimum absolute atomic E-state index is 0.0322. The van der Waals surface area contributed by atoms with Crippen LogP contribution in [0.4, 0.5) is 16.2 Å². The number of rotatable bonds is 7. The fourth-order valence-corrected chi connectivity index (χ4v) is 3.47. The quantitative estimate of drug-likeness (QED) is 0.547. The molecule has 0 aliphatic carbocycles. The van der Waals surface area contributed by atoms with Crippen LogP contribution in [0.15, 0.2) is 72.0 Å². The van der Waals surface area contributed by atoms with Crippen LogP contribution in [0.25, 0.3) is 0 Å². The Labute approximate surface area is 168 Å². The average molecular weight is 413 g/mol. The van der Waals surface area contributed by atoms with E-state index in [0.717, 1.165) is 5.56 Å². The zero-order chi connectivity index (χ0) is 20.7. The molecular formula is C19H19N5O4S. The van der Waals surface area contributed by atoms with Crippen LogP contribution in [0.3, 0.4) is 0 Å². The molecule has 10 heteroatoms. The fraction of sp³-hybridized carbons (Fsp3) is 0.105. The number of ether oxygens (including phenoxy) is 1. The average Bonchev–Trinajstić information content (AvgIpc) is 2.73. The van der Waals surface area contributed by atoms with Gasteiger partial charge in [0.15, 0.2) is 0 Å². The SMILES string of the molecule is COc1ncccc1NS(=O)(=O)c1ccc(NC(=O)NCc2cccnc2)cc1. The van der Waals surface area contributed by atoms with Gasteiger partial charge in [-0.25, -0.2) is 18.2 Å². The number of aromatic nitrogens is 2. The van der Waals surface area contributed by atoms with Gasteiger partial charge in [-0.2, -0.15) is 0 Å². The second-order valence-corrected chi connectivity index (χ2v) is 7.54. The van der Waals surface area contributed by atoms with Crippen molar-refractivity contribution in [2.24, 2.45) is 0 Å². The standard InChI is InChI=1S/C19H19N5O4S/c1-28-18-17(5-3-11-21-18)24-29(26,27)16-8-6-15(7-9-16)23-19(25)22-13-14-4-2-10-20-12-14/h2-12,24H,13H2,1H3,(H2,22,23,25). The molecule has 0 aliphatic heterocycles. The van der Waals surface area contributed by atoms with Crippen molar-refractivity contribution < 1.29 is 17.9 Å². The first-order chi connectivity index (χ1) is 14.0. The molecule has 3 N–H and O–H groups in total. The highest BCUT2D eigenvalue weighted by Gasteiger charge is 2.17. The maximum Gasteiger partial charge on any atom is 0.319 e. The smallest absolute Gasteiger partial charge is 0.319 e. The molecule has 0 radical (unpaired) electrons. The van der Waals surface area contributed by atoms with Gasteiger partial charge in [-0.15, -0.1) is 0 Å². The molecule has 0 aliphatic rings. The van der Waals surface area contributed by atoms with E-state index in [4.69, 9.17) is 4.74 Å². The maximum atomic E-state index is 12.6. The van der Waals surface area contributed by atoms with Crippen molar-refractivity contribution in [1.29, 1.82) is 0 Å². The molecule has 2 heterocycles. The Balaban J connectivity index is 1.62. The second kappa shape index (κ2) is 9.02. The van der Waals surface area contributed by atoms with Gasteiger partial charge in [0.2, 0.25) is 5.88 Å². The van der Waals surface area contributed by atoms with Gasteiger partial charge in [0.05, 0.1) is 12.0 Å². The lowest BCUT2D eigenvalue weighted by Gasteiger charge is -2.11. The monoisotopic (exact) mass is 413 g/mol. The molecule has 150 valence electrons. The Kier molecular flexibility index (Phi) is 6.25. The van der Waals surface area contributed by atoms with Crippen molar-refractivity contribution in [2.75, 3.05) is 17.1 Å². The molecule has 0 atom stereocenters. The van der Waals surface area contributed by atoms with Gasteiger partial charge in [-0.3, -0.25) is 9.71 Å². The third kappa shape index (κ3) is 5.42. The van der Waals surface area contributed by atoms with Gasteiger partial charge in [0.1, 0.15) is 5.69 Å². The molecule has 1 aromatic carbocycles. The zero-order valence-corrected chi connectivity index (χ0v) is 16.3. The van der Waals surface area contributed by atoms with Crippen LogP contribution in [0.1, 0.15) is 5.56 Å². The first kappa shape index (κ1) is 20.1. The molecule has 2 amide bonds. The Morgan fingerprint density at radius 3 is 2.52 bits per heavy atom. The molecule has 3 aromatic rings. The minimum Gasteiger partial charge on any atom is -0.480 e. The Hall–Kier alpha value is -3.66. The normalized spacial score (nSPS) is 10.8. The second-order valence-electron chi connectivity index (χ2n) is 5.86. The van der Waals surface area contributed by atoms with E-state index < -0.39 is 16.1 Å². The highest BCUT2D eigenvalue weighted by Crippen LogP contribution is 2.24. The Morgan fingerprint density at radius 2 is 1.83 bits per heavy atom. The molecule has 9 nitrogen and oxygen atoms in total. The molecule has 0 bridgehead atoms. The molecule has 0 saturated carbocycles. The van der Waals surface area contributed by atoms with E-state index in [1.54, 1.807) is 30.6 Å². The van der Waals surface area contributed by atoms with Crippen molar-refractivity contribution in [1.82, 2.24) is 15.3 Å². The number of methoxy groups -OCH3 is 1. The summed E-state index contributed by atoms with van der Waals surface area (Å²) in [6.45, 7) is 0.322. The van der Waals surface area contributed by atoms with Gasteiger partial charge in [0, 0.05) is 30.8 Å². The van der Waals surface area contributed by atoms with Crippen LogP contribution < -0.4 is 20.1 Å². The van der Waals surface area contributed by atoms with E-state index in [1.807, 2.05) is 6.07 Å². The first-order valence-electron chi connectivity index (χ1n) is 8.53. The van der Waals surface area contributed by atoms with E-state index in [9.17, 15) is 13.2 Å². The summed E-state index contributed by atoms with van der Waals surface area (Å²) in [5, 5.41) is 5.34. The summed E-state index contributed by atoms with van der Waals surface area (Å²) in [5.41, 5.74) is 1.54. The van der Waals surface area contributed by atoms with Gasteiger partial charge in [-0.1, -0.05) is 6.07 Å². The molecule has 2 aromatic heterocycles. The summed E-state index contributed by atoms with van der Waals surface area (Å²) in [6, 6.07) is 12.1. The van der Waals surface area contributed by atoms with Gasteiger partial charge in [0.25, 0.3) is 10.0 Å². The van der Waals surface area contributed by atoms with E-state index in [0.29, 0.717) is 12.2 Å². The number of carbonyl (C=O) groups is 1. The fourth-order valence-electron chi connectivity index (χ4n) is 2.41. The lowest BCUT2D eigenvalue weighted by Crippen LogP contribution is -2.28. The van der Waals surface area contributed by atoms with E-state index in [-0.39, 0.29) is 16.5 Å². The number of benzene rings is 1. The molecule has 29 heavy (non-hydrogen) atoms. The highest BCUT2D eigenvalue weighted by molar-refractivity contribution is 7.92. The molecule has 0 unspecified atom stereocenters. The number of sulfonamides is 1. The zero-order valence-electron chi connectivity index (χ0n) is 15.5. The third-order valence-electron chi connectivity index (χ3n) is 3.81. The highest BCUT2D eigenvalue weighted by atomic mass is 32.2. The summed E-state index contributed by atoms with van der Waals surface area (Å²) in [4.78, 5) is 19.9. The predicted molar refractivity (Wildman–Crippen MR) is 108 cm³/mol. The summed E-state index contributed by atoms with van der Waals surface area (Å²) < 4.78 is 32.6. The summed E-state index contributed by atoms with van der Waals surface area (Å²) in [6.07, 6.45) is 4.80. The van der Waals surface area contributed by atoms with E-state index in [2.05, 4.69) is 25.3 Å². The summed E-state index contributed by atoms with van der Waals surface area (Å²) >= 11 is 0. The topological polar surface area (TPSA) is 122 Å². The largest absolute Gasteiger partial charge is 0.480 e. The molecular weight excluding hydrogens is 394 g/mol. The molecule has 0 fully saturated rings. The van der Waals surface area contributed by atoms with Crippen LogP contribution in [0.2, 0.25) is 0 Å². The molecule has 0 spiro atoms. The van der Waals surface area contributed by atoms with Crippen LogP contribution >= 0.6 is 0 Å². The number of pyridine rings is 2. The Morgan fingerprint density at radius 1 is 1.07 bits per heavy atom. The van der Waals surface area contributed by atoms with Crippen LogP contribution in [-0.2, 0) is 16.6 Å². The van der Waals surface area contributed by atoms with Crippen molar-refractivity contribution in [3.8, 4) is 5.88 Å². The maximum absolute atomic E-state index is 12.6. The van der Waals surface area contributed by atoms with Crippen LogP contribution in [-0.4, -0.2) is 31.5 Å². The molecule has 3 rings (SSSR count). The summed E-state index contributed by atoms with van der Waals surface area (Å²) in [5.74, 6) is 0.166. The van der Waals surface area contributed by atoms with Gasteiger partial charge >= 0.3 is 6.03 Å². The van der Waals surface area contributed by atoms with Crippen molar-refractivity contribution in [3.05, 3.63) is 72.7 Å². The Bertz CT molecular complexity index is 1070. The lowest BCUT2D eigenvalue weighted by atomic mass is 10.3. The number of hydrogen-bond donors (Lipinski definition) is 3. The van der Waals surface area contributed by atoms with Gasteiger partial charge < -0.3 is 15.4 Å². The van der Waals surface area contributed by atoms with Crippen LogP contribution in [0.5, 0.6) is 5.88 Å². The van der Waals surface area contributed by atoms with Crippen molar-refractivity contribution in [2.45, 2.75) is 11.4 Å². The van der Waals surface area contributed by atoms with Crippen LogP contribution in [0, 0.1) is 0 Å². The van der Waals surface area contributed by atoms with E-state index >= 15 is 0 Å². The number of nitrogens with zero attached hydrogens (tertiary/aromatic N) is 2. The van der Waals surface area contributed by atoms with Gasteiger partial charge in [-0.05, 0) is 48.0 Å². The molecule has 0 saturated heterocycles. The number of anilines is 2. The number of nitrogens with one attached hydrogen (secondary N) is 3. The minimum atomic E-state index is -3.84. The summed E-state index contributed by atoms with van der Waals surface area (Å²) in [7, 11) is -2.44.